The Morgan fingerprint density at radius 2 is 1.90 bits per heavy atom. The summed E-state index contributed by atoms with van der Waals surface area (Å²) in [6.45, 7) is 6.96. The Morgan fingerprint density at radius 3 is 2.59 bits per heavy atom. The SMILES string of the molecule is Cc1ccc(C(=O)N[C@H]2C[C@@H](CCN3CCN(c4cccc(Cl)c4Cl)CC3)C2)o1. The minimum atomic E-state index is -0.0997. The molecule has 4 rings (SSSR count). The van der Waals surface area contributed by atoms with Crippen molar-refractivity contribution in [3.63, 3.8) is 0 Å². The van der Waals surface area contributed by atoms with E-state index in [0.29, 0.717) is 21.7 Å². The Hall–Kier alpha value is -1.69. The van der Waals surface area contributed by atoms with Gasteiger partial charge in [0.2, 0.25) is 0 Å². The summed E-state index contributed by atoms with van der Waals surface area (Å²) in [4.78, 5) is 17.0. The molecule has 156 valence electrons. The summed E-state index contributed by atoms with van der Waals surface area (Å²) in [5.74, 6) is 1.76. The molecule has 29 heavy (non-hydrogen) atoms. The first-order chi connectivity index (χ1) is 14.0. The van der Waals surface area contributed by atoms with E-state index in [4.69, 9.17) is 27.6 Å². The number of benzene rings is 1. The second-order valence-electron chi connectivity index (χ2n) is 8.11. The average molecular weight is 436 g/mol. The fraction of sp³-hybridized carbons (Fsp3) is 0.500. The van der Waals surface area contributed by atoms with Gasteiger partial charge in [0.1, 0.15) is 5.76 Å². The second kappa shape index (κ2) is 8.99. The second-order valence-corrected chi connectivity index (χ2v) is 8.89. The standard InChI is InChI=1S/C22H27Cl2N3O2/c1-15-5-6-20(29-15)22(28)25-17-13-16(14-17)7-8-26-9-11-27(12-10-26)19-4-2-3-18(23)21(19)24/h2-6,16-17H,7-14H2,1H3,(H,25,28)/t16-,17+. The molecule has 1 aromatic carbocycles. The van der Waals surface area contributed by atoms with Crippen LogP contribution < -0.4 is 10.2 Å². The van der Waals surface area contributed by atoms with Crippen LogP contribution in [0.1, 0.15) is 35.6 Å². The number of halogens is 2. The Labute approximate surface area is 181 Å². The highest BCUT2D eigenvalue weighted by Gasteiger charge is 2.31. The number of aryl methyl sites for hydroxylation is 1. The van der Waals surface area contributed by atoms with E-state index >= 15 is 0 Å². The molecule has 2 aromatic rings. The summed E-state index contributed by atoms with van der Waals surface area (Å²) in [5.41, 5.74) is 1.03. The van der Waals surface area contributed by atoms with Crippen molar-refractivity contribution in [1.29, 1.82) is 0 Å². The van der Waals surface area contributed by atoms with Crippen LogP contribution in [0.2, 0.25) is 10.0 Å². The molecule has 0 atom stereocenters. The number of furan rings is 1. The van der Waals surface area contributed by atoms with Gasteiger partial charge in [-0.25, -0.2) is 0 Å². The number of hydrogen-bond acceptors (Lipinski definition) is 4. The number of piperazine rings is 1. The van der Waals surface area contributed by atoms with Crippen LogP contribution in [-0.2, 0) is 0 Å². The molecule has 1 N–H and O–H groups in total. The van der Waals surface area contributed by atoms with Gasteiger partial charge in [0.05, 0.1) is 15.7 Å². The smallest absolute Gasteiger partial charge is 0.287 e. The molecule has 2 heterocycles. The van der Waals surface area contributed by atoms with Gasteiger partial charge in [-0.15, -0.1) is 0 Å². The van der Waals surface area contributed by atoms with E-state index in [-0.39, 0.29) is 11.9 Å². The summed E-state index contributed by atoms with van der Waals surface area (Å²) >= 11 is 12.5. The zero-order valence-electron chi connectivity index (χ0n) is 16.7. The lowest BCUT2D eigenvalue weighted by Gasteiger charge is -2.39. The van der Waals surface area contributed by atoms with E-state index in [1.807, 2.05) is 31.2 Å². The van der Waals surface area contributed by atoms with Crippen molar-refractivity contribution in [3.8, 4) is 0 Å². The molecule has 1 aromatic heterocycles. The monoisotopic (exact) mass is 435 g/mol. The molecule has 0 radical (unpaired) electrons. The molecule has 1 saturated carbocycles. The normalized spacial score (nSPS) is 22.4. The average Bonchev–Trinajstić information content (AvgIpc) is 3.12. The quantitative estimate of drug-likeness (QED) is 0.718. The van der Waals surface area contributed by atoms with E-state index < -0.39 is 0 Å². The van der Waals surface area contributed by atoms with Gasteiger partial charge < -0.3 is 14.6 Å². The Balaban J connectivity index is 1.15. The molecule has 0 unspecified atom stereocenters. The maximum atomic E-state index is 12.1. The van der Waals surface area contributed by atoms with Gasteiger partial charge in [-0.2, -0.15) is 0 Å². The summed E-state index contributed by atoms with van der Waals surface area (Å²) in [7, 11) is 0. The lowest BCUT2D eigenvalue weighted by Crippen LogP contribution is -2.48. The molecule has 2 fully saturated rings. The number of amides is 1. The Kier molecular flexibility index (Phi) is 6.38. The van der Waals surface area contributed by atoms with Crippen LogP contribution in [0, 0.1) is 12.8 Å². The van der Waals surface area contributed by atoms with E-state index in [9.17, 15) is 4.79 Å². The highest BCUT2D eigenvalue weighted by molar-refractivity contribution is 6.43. The maximum absolute atomic E-state index is 12.1. The molecule has 7 heteroatoms. The third kappa shape index (κ3) is 4.90. The van der Waals surface area contributed by atoms with Crippen molar-refractivity contribution in [2.75, 3.05) is 37.6 Å². The number of nitrogens with one attached hydrogen (secondary N) is 1. The first kappa shape index (κ1) is 20.6. The Bertz CT molecular complexity index is 855. The maximum Gasteiger partial charge on any atom is 0.287 e. The van der Waals surface area contributed by atoms with Gasteiger partial charge in [-0.05, 0) is 62.9 Å². The number of nitrogens with zero attached hydrogens (tertiary/aromatic N) is 2. The van der Waals surface area contributed by atoms with E-state index in [2.05, 4.69) is 15.1 Å². The molecule has 1 aliphatic heterocycles. The highest BCUT2D eigenvalue weighted by atomic mass is 35.5. The summed E-state index contributed by atoms with van der Waals surface area (Å²) < 4.78 is 5.38. The number of carbonyl (C=O) groups is 1. The molecule has 1 amide bonds. The number of hydrogen-bond donors (Lipinski definition) is 1. The molecule has 1 saturated heterocycles. The number of rotatable bonds is 6. The summed E-state index contributed by atoms with van der Waals surface area (Å²) in [6.07, 6.45) is 3.30. The van der Waals surface area contributed by atoms with Gasteiger partial charge in [0.25, 0.3) is 5.91 Å². The first-order valence-electron chi connectivity index (χ1n) is 10.3. The third-order valence-corrected chi connectivity index (χ3v) is 6.84. The summed E-state index contributed by atoms with van der Waals surface area (Å²) in [5, 5.41) is 4.33. The lowest BCUT2D eigenvalue weighted by molar-refractivity contribution is 0.0848. The molecule has 0 spiro atoms. The fourth-order valence-corrected chi connectivity index (χ4v) is 4.63. The molecule has 5 nitrogen and oxygen atoms in total. The number of anilines is 1. The molecule has 0 bridgehead atoms. The Morgan fingerprint density at radius 1 is 1.14 bits per heavy atom. The van der Waals surface area contributed by atoms with Gasteiger partial charge in [-0.1, -0.05) is 29.3 Å². The largest absolute Gasteiger partial charge is 0.456 e. The van der Waals surface area contributed by atoms with Crippen molar-refractivity contribution < 1.29 is 9.21 Å². The minimum absolute atomic E-state index is 0.0997. The van der Waals surface area contributed by atoms with Crippen LogP contribution in [0.15, 0.2) is 34.7 Å². The van der Waals surface area contributed by atoms with Crippen LogP contribution in [0.4, 0.5) is 5.69 Å². The fourth-order valence-electron chi connectivity index (χ4n) is 4.22. The van der Waals surface area contributed by atoms with Crippen LogP contribution in [0.3, 0.4) is 0 Å². The van der Waals surface area contributed by atoms with Crippen molar-refractivity contribution in [2.24, 2.45) is 5.92 Å². The van der Waals surface area contributed by atoms with Crippen molar-refractivity contribution in [2.45, 2.75) is 32.2 Å². The number of carbonyl (C=O) groups excluding carboxylic acids is 1. The lowest BCUT2D eigenvalue weighted by atomic mass is 9.78. The zero-order valence-corrected chi connectivity index (χ0v) is 18.2. The van der Waals surface area contributed by atoms with Crippen LogP contribution in [0.25, 0.3) is 0 Å². The minimum Gasteiger partial charge on any atom is -0.456 e. The highest BCUT2D eigenvalue weighted by Crippen LogP contribution is 2.33. The predicted molar refractivity (Wildman–Crippen MR) is 117 cm³/mol. The molecular weight excluding hydrogens is 409 g/mol. The predicted octanol–water partition coefficient (Wildman–Crippen LogP) is 4.62. The van der Waals surface area contributed by atoms with Gasteiger partial charge >= 0.3 is 0 Å². The van der Waals surface area contributed by atoms with Crippen LogP contribution in [0.5, 0.6) is 0 Å². The van der Waals surface area contributed by atoms with Crippen LogP contribution >= 0.6 is 23.2 Å². The van der Waals surface area contributed by atoms with Crippen molar-refractivity contribution in [1.82, 2.24) is 10.2 Å². The third-order valence-electron chi connectivity index (χ3n) is 6.03. The van der Waals surface area contributed by atoms with E-state index in [1.54, 1.807) is 6.07 Å². The van der Waals surface area contributed by atoms with Gasteiger partial charge in [0, 0.05) is 32.2 Å². The van der Waals surface area contributed by atoms with Crippen molar-refractivity contribution in [3.05, 3.63) is 51.9 Å². The van der Waals surface area contributed by atoms with Gasteiger partial charge in [0.15, 0.2) is 5.76 Å². The first-order valence-corrected chi connectivity index (χ1v) is 11.0. The topological polar surface area (TPSA) is 48.7 Å². The van der Waals surface area contributed by atoms with E-state index in [0.717, 1.165) is 57.0 Å². The molecule has 2 aliphatic rings. The van der Waals surface area contributed by atoms with E-state index in [1.165, 1.54) is 6.42 Å². The zero-order chi connectivity index (χ0) is 20.4. The summed E-state index contributed by atoms with van der Waals surface area (Å²) in [6, 6.07) is 9.65. The molecule has 1 aliphatic carbocycles. The molecular formula is C22H27Cl2N3O2. The van der Waals surface area contributed by atoms with Gasteiger partial charge in [-0.3, -0.25) is 9.69 Å². The van der Waals surface area contributed by atoms with Crippen molar-refractivity contribution >= 4 is 34.8 Å². The van der Waals surface area contributed by atoms with Crippen LogP contribution in [-0.4, -0.2) is 49.6 Å².